The third-order valence-electron chi connectivity index (χ3n) is 2.12. The quantitative estimate of drug-likeness (QED) is 0.549. The number of methoxy groups -OCH3 is 3. The molecule has 0 radical (unpaired) electrons. The van der Waals surface area contributed by atoms with E-state index in [1.807, 2.05) is 0 Å². The molecule has 0 saturated heterocycles. The number of carbonyl (C=O) groups excluding carboxylic acids is 1. The summed E-state index contributed by atoms with van der Waals surface area (Å²) < 4.78 is 15.3. The van der Waals surface area contributed by atoms with Gasteiger partial charge < -0.3 is 14.2 Å². The number of benzene rings is 1. The summed E-state index contributed by atoms with van der Waals surface area (Å²) in [4.78, 5) is 11.0. The molecular formula is C11H14O4. The highest BCUT2D eigenvalue weighted by Crippen LogP contribution is 2.27. The fourth-order valence-electron chi connectivity index (χ4n) is 1.42. The lowest BCUT2D eigenvalue weighted by Crippen LogP contribution is -2.07. The largest absolute Gasteiger partial charge is 0.496 e. The first-order valence-corrected chi connectivity index (χ1v) is 4.46. The molecule has 0 heterocycles. The van der Waals surface area contributed by atoms with Gasteiger partial charge in [-0.15, -0.1) is 0 Å². The summed E-state index contributed by atoms with van der Waals surface area (Å²) in [5.74, 6) is 0.515. The topological polar surface area (TPSA) is 44.8 Å². The standard InChI is InChI=1S/C11H14O4/c1-13-10-6-4-5-8(9(10)7-12)11(14-2)15-3/h4-7,11H,1-3H3. The van der Waals surface area contributed by atoms with Crippen molar-refractivity contribution < 1.29 is 19.0 Å². The van der Waals surface area contributed by atoms with Gasteiger partial charge in [-0.3, -0.25) is 4.79 Å². The van der Waals surface area contributed by atoms with Crippen LogP contribution in [0.5, 0.6) is 5.75 Å². The van der Waals surface area contributed by atoms with Crippen molar-refractivity contribution in [2.24, 2.45) is 0 Å². The maximum Gasteiger partial charge on any atom is 0.183 e. The molecule has 0 aliphatic rings. The zero-order valence-corrected chi connectivity index (χ0v) is 9.02. The molecule has 0 fully saturated rings. The molecule has 0 spiro atoms. The molecule has 1 aromatic rings. The van der Waals surface area contributed by atoms with Gasteiger partial charge in [0.1, 0.15) is 5.75 Å². The van der Waals surface area contributed by atoms with Crippen molar-refractivity contribution in [1.82, 2.24) is 0 Å². The van der Waals surface area contributed by atoms with E-state index in [2.05, 4.69) is 0 Å². The molecule has 0 unspecified atom stereocenters. The average Bonchev–Trinajstić information content (AvgIpc) is 2.30. The van der Waals surface area contributed by atoms with Crippen LogP contribution < -0.4 is 4.74 Å². The van der Waals surface area contributed by atoms with E-state index in [4.69, 9.17) is 14.2 Å². The summed E-state index contributed by atoms with van der Waals surface area (Å²) in [5, 5.41) is 0. The molecule has 1 aromatic carbocycles. The Bertz CT molecular complexity index is 331. The third-order valence-corrected chi connectivity index (χ3v) is 2.12. The molecule has 0 aliphatic carbocycles. The molecule has 0 N–H and O–H groups in total. The van der Waals surface area contributed by atoms with Gasteiger partial charge >= 0.3 is 0 Å². The van der Waals surface area contributed by atoms with Crippen molar-refractivity contribution in [2.45, 2.75) is 6.29 Å². The number of aldehydes is 1. The van der Waals surface area contributed by atoms with Gasteiger partial charge in [-0.2, -0.15) is 0 Å². The number of rotatable bonds is 5. The van der Waals surface area contributed by atoms with Crippen LogP contribution >= 0.6 is 0 Å². The Morgan fingerprint density at radius 1 is 1.20 bits per heavy atom. The zero-order chi connectivity index (χ0) is 11.3. The molecule has 82 valence electrons. The monoisotopic (exact) mass is 210 g/mol. The summed E-state index contributed by atoms with van der Waals surface area (Å²) in [7, 11) is 4.55. The summed E-state index contributed by atoms with van der Waals surface area (Å²) in [6.07, 6.45) is 0.180. The Hall–Kier alpha value is -1.39. The Balaban J connectivity index is 3.21. The number of hydrogen-bond donors (Lipinski definition) is 0. The van der Waals surface area contributed by atoms with Crippen molar-refractivity contribution >= 4 is 6.29 Å². The van der Waals surface area contributed by atoms with E-state index in [9.17, 15) is 4.79 Å². The van der Waals surface area contributed by atoms with Crippen molar-refractivity contribution in [2.75, 3.05) is 21.3 Å². The fourth-order valence-corrected chi connectivity index (χ4v) is 1.42. The predicted molar refractivity (Wildman–Crippen MR) is 55.1 cm³/mol. The number of carbonyl (C=O) groups is 1. The second-order valence-electron chi connectivity index (χ2n) is 2.88. The maximum absolute atomic E-state index is 11.0. The zero-order valence-electron chi connectivity index (χ0n) is 9.02. The molecule has 0 aliphatic heterocycles. The third kappa shape index (κ3) is 2.34. The smallest absolute Gasteiger partial charge is 0.183 e. The summed E-state index contributed by atoms with van der Waals surface area (Å²) >= 11 is 0. The Labute approximate surface area is 88.8 Å². The Kier molecular flexibility index (Phi) is 4.27. The molecule has 0 aromatic heterocycles. The van der Waals surface area contributed by atoms with Gasteiger partial charge in [0.25, 0.3) is 0 Å². The van der Waals surface area contributed by atoms with Crippen molar-refractivity contribution in [3.8, 4) is 5.75 Å². The summed E-state index contributed by atoms with van der Waals surface area (Å²) in [6, 6.07) is 5.27. The minimum atomic E-state index is -0.555. The lowest BCUT2D eigenvalue weighted by molar-refractivity contribution is -0.106. The van der Waals surface area contributed by atoms with E-state index >= 15 is 0 Å². The van der Waals surface area contributed by atoms with Crippen LogP contribution in [0.25, 0.3) is 0 Å². The van der Waals surface area contributed by atoms with Gasteiger partial charge in [-0.25, -0.2) is 0 Å². The molecule has 0 bridgehead atoms. The lowest BCUT2D eigenvalue weighted by Gasteiger charge is -2.16. The van der Waals surface area contributed by atoms with E-state index < -0.39 is 6.29 Å². The molecule has 0 atom stereocenters. The van der Waals surface area contributed by atoms with Gasteiger partial charge in [-0.05, 0) is 6.07 Å². The van der Waals surface area contributed by atoms with E-state index in [1.165, 1.54) is 21.3 Å². The van der Waals surface area contributed by atoms with Crippen LogP contribution in [0, 0.1) is 0 Å². The first kappa shape index (κ1) is 11.7. The van der Waals surface area contributed by atoms with Gasteiger partial charge in [0.05, 0.1) is 12.7 Å². The highest BCUT2D eigenvalue weighted by Gasteiger charge is 2.16. The Morgan fingerprint density at radius 2 is 1.87 bits per heavy atom. The minimum Gasteiger partial charge on any atom is -0.496 e. The molecule has 1 rings (SSSR count). The highest BCUT2D eigenvalue weighted by atomic mass is 16.7. The lowest BCUT2D eigenvalue weighted by atomic mass is 10.1. The molecule has 0 saturated carbocycles. The Morgan fingerprint density at radius 3 is 2.33 bits per heavy atom. The van der Waals surface area contributed by atoms with Crippen LogP contribution in [0.2, 0.25) is 0 Å². The first-order chi connectivity index (χ1) is 7.28. The summed E-state index contributed by atoms with van der Waals surface area (Å²) in [6.45, 7) is 0. The van der Waals surface area contributed by atoms with Crippen molar-refractivity contribution in [1.29, 1.82) is 0 Å². The van der Waals surface area contributed by atoms with Crippen LogP contribution in [-0.4, -0.2) is 27.6 Å². The minimum absolute atomic E-state index is 0.453. The normalized spacial score (nSPS) is 10.4. The van der Waals surface area contributed by atoms with Crippen molar-refractivity contribution in [3.63, 3.8) is 0 Å². The number of hydrogen-bond acceptors (Lipinski definition) is 4. The van der Waals surface area contributed by atoms with E-state index in [0.29, 0.717) is 16.9 Å². The average molecular weight is 210 g/mol. The van der Waals surface area contributed by atoms with E-state index in [-0.39, 0.29) is 0 Å². The maximum atomic E-state index is 11.0. The van der Waals surface area contributed by atoms with Crippen LogP contribution in [-0.2, 0) is 9.47 Å². The predicted octanol–water partition coefficient (Wildman–Crippen LogP) is 1.80. The molecule has 4 heteroatoms. The molecule has 4 nitrogen and oxygen atoms in total. The van der Waals surface area contributed by atoms with Crippen LogP contribution in [0.3, 0.4) is 0 Å². The molecule has 15 heavy (non-hydrogen) atoms. The SMILES string of the molecule is COc1cccc(C(OC)OC)c1C=O. The van der Waals surface area contributed by atoms with Crippen LogP contribution in [0.4, 0.5) is 0 Å². The van der Waals surface area contributed by atoms with Gasteiger partial charge in [0.15, 0.2) is 12.6 Å². The molecular weight excluding hydrogens is 196 g/mol. The van der Waals surface area contributed by atoms with Crippen molar-refractivity contribution in [3.05, 3.63) is 29.3 Å². The van der Waals surface area contributed by atoms with Crippen LogP contribution in [0.1, 0.15) is 22.2 Å². The van der Waals surface area contributed by atoms with Gasteiger partial charge in [0.2, 0.25) is 0 Å². The molecule has 0 amide bonds. The van der Waals surface area contributed by atoms with Crippen LogP contribution in [0.15, 0.2) is 18.2 Å². The number of ether oxygens (including phenoxy) is 3. The second kappa shape index (κ2) is 5.48. The second-order valence-corrected chi connectivity index (χ2v) is 2.88. The fraction of sp³-hybridized carbons (Fsp3) is 0.364. The van der Waals surface area contributed by atoms with E-state index in [1.54, 1.807) is 18.2 Å². The first-order valence-electron chi connectivity index (χ1n) is 4.46. The summed E-state index contributed by atoms with van der Waals surface area (Å²) in [5.41, 5.74) is 1.11. The van der Waals surface area contributed by atoms with Gasteiger partial charge in [0, 0.05) is 19.8 Å². The highest BCUT2D eigenvalue weighted by molar-refractivity contribution is 5.81. The van der Waals surface area contributed by atoms with Gasteiger partial charge in [-0.1, -0.05) is 12.1 Å². The van der Waals surface area contributed by atoms with E-state index in [0.717, 1.165) is 6.29 Å².